The summed E-state index contributed by atoms with van der Waals surface area (Å²) in [5, 5.41) is 7.69. The second-order valence-corrected chi connectivity index (χ2v) is 4.32. The van der Waals surface area contributed by atoms with E-state index in [0.29, 0.717) is 5.92 Å². The van der Waals surface area contributed by atoms with Crippen LogP contribution in [-0.4, -0.2) is 29.5 Å². The average Bonchev–Trinajstić information content (AvgIpc) is 2.69. The number of hydrogen-bond acceptors (Lipinski definition) is 3. The van der Waals surface area contributed by atoms with Crippen molar-refractivity contribution < 1.29 is 4.74 Å². The van der Waals surface area contributed by atoms with E-state index in [4.69, 9.17) is 4.74 Å². The van der Waals surface area contributed by atoms with Crippen LogP contribution >= 0.6 is 0 Å². The summed E-state index contributed by atoms with van der Waals surface area (Å²) < 4.78 is 7.45. The molecule has 16 heavy (non-hydrogen) atoms. The van der Waals surface area contributed by atoms with Gasteiger partial charge in [0.15, 0.2) is 0 Å². The SMILES string of the molecule is CCNCc1ccn(CCOCC(C)C)n1. The third kappa shape index (κ3) is 5.28. The molecule has 0 atom stereocenters. The predicted octanol–water partition coefficient (Wildman–Crippen LogP) is 1.67. The van der Waals surface area contributed by atoms with E-state index < -0.39 is 0 Å². The van der Waals surface area contributed by atoms with Gasteiger partial charge in [0.1, 0.15) is 0 Å². The van der Waals surface area contributed by atoms with Gasteiger partial charge in [-0.25, -0.2) is 0 Å². The van der Waals surface area contributed by atoms with Gasteiger partial charge in [-0.1, -0.05) is 20.8 Å². The molecular weight excluding hydrogens is 202 g/mol. The van der Waals surface area contributed by atoms with Gasteiger partial charge in [-0.2, -0.15) is 5.10 Å². The number of aromatic nitrogens is 2. The Balaban J connectivity index is 2.19. The van der Waals surface area contributed by atoms with E-state index in [1.54, 1.807) is 0 Å². The molecule has 0 aliphatic carbocycles. The van der Waals surface area contributed by atoms with Gasteiger partial charge < -0.3 is 10.1 Å². The summed E-state index contributed by atoms with van der Waals surface area (Å²) in [5.41, 5.74) is 1.09. The molecule has 1 rings (SSSR count). The van der Waals surface area contributed by atoms with Crippen LogP contribution in [0.2, 0.25) is 0 Å². The van der Waals surface area contributed by atoms with Crippen molar-refractivity contribution in [3.8, 4) is 0 Å². The van der Waals surface area contributed by atoms with Gasteiger partial charge in [-0.05, 0) is 18.5 Å². The first-order chi connectivity index (χ1) is 7.72. The summed E-state index contributed by atoms with van der Waals surface area (Å²) in [7, 11) is 0. The fourth-order valence-electron chi connectivity index (χ4n) is 1.35. The van der Waals surface area contributed by atoms with Crippen LogP contribution in [0, 0.1) is 5.92 Å². The number of ether oxygens (including phenoxy) is 1. The molecule has 0 amide bonds. The second kappa shape index (κ2) is 7.41. The first-order valence-corrected chi connectivity index (χ1v) is 6.03. The van der Waals surface area contributed by atoms with Crippen LogP contribution in [0.1, 0.15) is 26.5 Å². The molecule has 0 radical (unpaired) electrons. The normalized spacial score (nSPS) is 11.2. The van der Waals surface area contributed by atoms with Crippen LogP contribution in [0.5, 0.6) is 0 Å². The van der Waals surface area contributed by atoms with E-state index in [9.17, 15) is 0 Å². The smallest absolute Gasteiger partial charge is 0.0762 e. The standard InChI is InChI=1S/C12H23N3O/c1-4-13-9-12-5-6-15(14-12)7-8-16-10-11(2)3/h5-6,11,13H,4,7-10H2,1-3H3. The molecule has 1 heterocycles. The Kier molecular flexibility index (Phi) is 6.11. The maximum absolute atomic E-state index is 5.51. The molecule has 1 N–H and O–H groups in total. The van der Waals surface area contributed by atoms with E-state index in [0.717, 1.165) is 38.5 Å². The highest BCUT2D eigenvalue weighted by Crippen LogP contribution is 1.96. The van der Waals surface area contributed by atoms with E-state index >= 15 is 0 Å². The zero-order valence-corrected chi connectivity index (χ0v) is 10.6. The zero-order chi connectivity index (χ0) is 11.8. The first-order valence-electron chi connectivity index (χ1n) is 6.03. The minimum atomic E-state index is 0.599. The van der Waals surface area contributed by atoms with Crippen molar-refractivity contribution in [1.29, 1.82) is 0 Å². The molecule has 0 aliphatic rings. The monoisotopic (exact) mass is 225 g/mol. The quantitative estimate of drug-likeness (QED) is 0.684. The molecule has 1 aromatic rings. The van der Waals surface area contributed by atoms with Crippen LogP contribution in [0.3, 0.4) is 0 Å². The summed E-state index contributed by atoms with van der Waals surface area (Å²) in [6.07, 6.45) is 2.01. The molecule has 0 saturated heterocycles. The Hall–Kier alpha value is -0.870. The summed E-state index contributed by atoms with van der Waals surface area (Å²) in [4.78, 5) is 0. The molecule has 0 bridgehead atoms. The van der Waals surface area contributed by atoms with Gasteiger partial charge in [0, 0.05) is 19.3 Å². The van der Waals surface area contributed by atoms with E-state index in [2.05, 4.69) is 31.2 Å². The number of nitrogens with one attached hydrogen (secondary N) is 1. The molecular formula is C12H23N3O. The van der Waals surface area contributed by atoms with Gasteiger partial charge in [-0.3, -0.25) is 4.68 Å². The molecule has 92 valence electrons. The van der Waals surface area contributed by atoms with Gasteiger partial charge in [0.25, 0.3) is 0 Å². The molecule has 1 aromatic heterocycles. The third-order valence-corrected chi connectivity index (χ3v) is 2.17. The zero-order valence-electron chi connectivity index (χ0n) is 10.6. The highest BCUT2D eigenvalue weighted by molar-refractivity contribution is 4.98. The van der Waals surface area contributed by atoms with E-state index in [1.807, 2.05) is 16.9 Å². The Morgan fingerprint density at radius 1 is 1.50 bits per heavy atom. The minimum absolute atomic E-state index is 0.599. The van der Waals surface area contributed by atoms with Gasteiger partial charge in [0.05, 0.1) is 18.8 Å². The second-order valence-electron chi connectivity index (χ2n) is 4.32. The van der Waals surface area contributed by atoms with Crippen molar-refractivity contribution >= 4 is 0 Å². The average molecular weight is 225 g/mol. The third-order valence-electron chi connectivity index (χ3n) is 2.17. The van der Waals surface area contributed by atoms with Gasteiger partial charge in [-0.15, -0.1) is 0 Å². The molecule has 0 saturated carbocycles. The molecule has 4 nitrogen and oxygen atoms in total. The first kappa shape index (κ1) is 13.2. The van der Waals surface area contributed by atoms with Crippen LogP contribution in [0.4, 0.5) is 0 Å². The molecule has 0 aromatic carbocycles. The Bertz CT molecular complexity index is 284. The van der Waals surface area contributed by atoms with Crippen molar-refractivity contribution in [2.24, 2.45) is 5.92 Å². The number of hydrogen-bond donors (Lipinski definition) is 1. The number of rotatable bonds is 8. The summed E-state index contributed by atoms with van der Waals surface area (Å²) in [6.45, 7) is 10.6. The minimum Gasteiger partial charge on any atom is -0.379 e. The van der Waals surface area contributed by atoms with Crippen molar-refractivity contribution in [2.45, 2.75) is 33.9 Å². The lowest BCUT2D eigenvalue weighted by Crippen LogP contribution is -2.13. The van der Waals surface area contributed by atoms with Crippen LogP contribution in [-0.2, 0) is 17.8 Å². The molecule has 4 heteroatoms. The molecule has 0 aliphatic heterocycles. The summed E-state index contributed by atoms with van der Waals surface area (Å²) >= 11 is 0. The van der Waals surface area contributed by atoms with E-state index in [-0.39, 0.29) is 0 Å². The predicted molar refractivity (Wildman–Crippen MR) is 65.3 cm³/mol. The Morgan fingerprint density at radius 2 is 2.31 bits per heavy atom. The highest BCUT2D eigenvalue weighted by atomic mass is 16.5. The topological polar surface area (TPSA) is 39.1 Å². The lowest BCUT2D eigenvalue weighted by molar-refractivity contribution is 0.101. The molecule has 0 spiro atoms. The molecule has 0 fully saturated rings. The summed E-state index contributed by atoms with van der Waals surface area (Å²) in [6, 6.07) is 2.05. The van der Waals surface area contributed by atoms with Crippen LogP contribution in [0.25, 0.3) is 0 Å². The van der Waals surface area contributed by atoms with Crippen LogP contribution in [0.15, 0.2) is 12.3 Å². The van der Waals surface area contributed by atoms with Crippen molar-refractivity contribution in [3.05, 3.63) is 18.0 Å². The lowest BCUT2D eigenvalue weighted by Gasteiger charge is -2.06. The molecule has 0 unspecified atom stereocenters. The number of nitrogens with zero attached hydrogens (tertiary/aromatic N) is 2. The summed E-state index contributed by atoms with van der Waals surface area (Å²) in [5.74, 6) is 0.599. The lowest BCUT2D eigenvalue weighted by atomic mass is 10.2. The largest absolute Gasteiger partial charge is 0.379 e. The van der Waals surface area contributed by atoms with Crippen molar-refractivity contribution in [1.82, 2.24) is 15.1 Å². The van der Waals surface area contributed by atoms with Crippen molar-refractivity contribution in [2.75, 3.05) is 19.8 Å². The van der Waals surface area contributed by atoms with Crippen LogP contribution < -0.4 is 5.32 Å². The van der Waals surface area contributed by atoms with Crippen molar-refractivity contribution in [3.63, 3.8) is 0 Å². The van der Waals surface area contributed by atoms with Gasteiger partial charge in [0.2, 0.25) is 0 Å². The Labute approximate surface area is 98.0 Å². The fourth-order valence-corrected chi connectivity index (χ4v) is 1.35. The van der Waals surface area contributed by atoms with E-state index in [1.165, 1.54) is 0 Å². The maximum atomic E-state index is 5.51. The Morgan fingerprint density at radius 3 is 3.00 bits per heavy atom. The van der Waals surface area contributed by atoms with Gasteiger partial charge >= 0.3 is 0 Å². The maximum Gasteiger partial charge on any atom is 0.0762 e. The fraction of sp³-hybridized carbons (Fsp3) is 0.750. The highest BCUT2D eigenvalue weighted by Gasteiger charge is 1.98.